The highest BCUT2D eigenvalue weighted by molar-refractivity contribution is 7.79. The van der Waals surface area contributed by atoms with Gasteiger partial charge in [-0.25, -0.2) is 0 Å². The highest BCUT2D eigenvalue weighted by atomic mass is 32.2. The van der Waals surface area contributed by atoms with Crippen molar-refractivity contribution in [1.82, 2.24) is 4.90 Å². The Morgan fingerprint density at radius 1 is 1.41 bits per heavy atom. The fourth-order valence-electron chi connectivity index (χ4n) is 2.66. The van der Waals surface area contributed by atoms with Gasteiger partial charge in [0.05, 0.1) is 23.8 Å². The molecule has 7 heteroatoms. The van der Waals surface area contributed by atoms with E-state index < -0.39 is 11.1 Å². The molecule has 1 aromatic rings. The molecule has 2 aliphatic rings. The van der Waals surface area contributed by atoms with Crippen molar-refractivity contribution in [2.45, 2.75) is 38.1 Å². The van der Waals surface area contributed by atoms with Crippen molar-refractivity contribution in [3.63, 3.8) is 0 Å². The van der Waals surface area contributed by atoms with Crippen LogP contribution in [0, 0.1) is 0 Å². The van der Waals surface area contributed by atoms with Crippen molar-refractivity contribution in [2.75, 3.05) is 18.5 Å². The van der Waals surface area contributed by atoms with Gasteiger partial charge in [0, 0.05) is 11.9 Å². The second-order valence-electron chi connectivity index (χ2n) is 4.85. The predicted octanol–water partition coefficient (Wildman–Crippen LogP) is 1.99. The first-order valence-corrected chi connectivity index (χ1v) is 8.47. The summed E-state index contributed by atoms with van der Waals surface area (Å²) in [4.78, 5) is 20.4. The average molecular weight is 322 g/mol. The average Bonchev–Trinajstić information content (AvgIpc) is 2.98. The Morgan fingerprint density at radius 3 is 2.68 bits per heavy atom. The van der Waals surface area contributed by atoms with Gasteiger partial charge in [0.25, 0.3) is 5.91 Å². The van der Waals surface area contributed by atoms with Crippen molar-refractivity contribution in [1.29, 1.82) is 0 Å². The van der Waals surface area contributed by atoms with Crippen LogP contribution in [0.3, 0.4) is 0 Å². The van der Waals surface area contributed by atoms with Crippen LogP contribution in [0.5, 0.6) is 0 Å². The summed E-state index contributed by atoms with van der Waals surface area (Å²) in [5.41, 5.74) is 1.15. The lowest BCUT2D eigenvalue weighted by Gasteiger charge is -2.37. The minimum Gasteiger partial charge on any atom is -0.768 e. The van der Waals surface area contributed by atoms with E-state index in [0.717, 1.165) is 12.1 Å². The van der Waals surface area contributed by atoms with Gasteiger partial charge in [-0.15, -0.1) is 0 Å². The number of aliphatic imine (C=N–C) groups is 1. The Labute approximate surface area is 133 Å². The molecule has 0 bridgehead atoms. The zero-order chi connectivity index (χ0) is 16.4. The lowest BCUT2D eigenvalue weighted by atomic mass is 10.1. The molecular formula is C15H20N3O3S-. The molecule has 22 heavy (non-hydrogen) atoms. The lowest BCUT2D eigenvalue weighted by molar-refractivity contribution is 0.0864. The van der Waals surface area contributed by atoms with E-state index in [2.05, 4.69) is 11.9 Å². The lowest BCUT2D eigenvalue weighted by Crippen LogP contribution is -2.51. The van der Waals surface area contributed by atoms with Gasteiger partial charge in [-0.3, -0.25) is 18.9 Å². The van der Waals surface area contributed by atoms with Crippen LogP contribution in [0.2, 0.25) is 0 Å². The fraction of sp³-hybridized carbons (Fsp3) is 0.467. The number of carbonyl (C=O) groups excluding carboxylic acids is 1. The molecule has 1 aromatic carbocycles. The predicted molar refractivity (Wildman–Crippen MR) is 85.9 cm³/mol. The van der Waals surface area contributed by atoms with Crippen LogP contribution in [0.1, 0.15) is 37.6 Å². The number of rotatable bonds is 2. The minimum atomic E-state index is -2.34. The molecule has 2 heterocycles. The van der Waals surface area contributed by atoms with Crippen LogP contribution < -0.4 is 4.90 Å². The van der Waals surface area contributed by atoms with Crippen molar-refractivity contribution in [3.05, 3.63) is 23.8 Å². The van der Waals surface area contributed by atoms with Crippen molar-refractivity contribution < 1.29 is 13.6 Å². The van der Waals surface area contributed by atoms with Crippen LogP contribution in [0.4, 0.5) is 5.69 Å². The molecule has 0 saturated heterocycles. The van der Waals surface area contributed by atoms with E-state index in [4.69, 9.17) is 0 Å². The maximum absolute atomic E-state index is 12.3. The summed E-state index contributed by atoms with van der Waals surface area (Å²) < 4.78 is 22.1. The second kappa shape index (κ2) is 6.58. The van der Waals surface area contributed by atoms with E-state index in [1.807, 2.05) is 18.7 Å². The molecular weight excluding hydrogens is 302 g/mol. The molecule has 1 amide bonds. The summed E-state index contributed by atoms with van der Waals surface area (Å²) in [5, 5.41) is 0. The molecule has 0 spiro atoms. The number of amides is 1. The maximum atomic E-state index is 12.3. The quantitative estimate of drug-likeness (QED) is 0.780. The molecule has 120 valence electrons. The first kappa shape index (κ1) is 16.6. The molecule has 0 N–H and O–H groups in total. The highest BCUT2D eigenvalue weighted by Gasteiger charge is 2.39. The molecule has 2 atom stereocenters. The summed E-state index contributed by atoms with van der Waals surface area (Å²) in [6.45, 7) is 6.72. The van der Waals surface area contributed by atoms with Crippen molar-refractivity contribution >= 4 is 28.6 Å². The van der Waals surface area contributed by atoms with Gasteiger partial charge in [-0.1, -0.05) is 20.8 Å². The normalized spacial score (nSPS) is 20.7. The van der Waals surface area contributed by atoms with Crippen LogP contribution in [0.25, 0.3) is 0 Å². The smallest absolute Gasteiger partial charge is 0.262 e. The number of fused-ring (bicyclic) bond motifs is 3. The monoisotopic (exact) mass is 322 g/mol. The zero-order valence-corrected chi connectivity index (χ0v) is 14.0. The third-order valence-corrected chi connectivity index (χ3v) is 4.39. The SMILES string of the molecule is CC.CC[C@@H]1CN=C2N(C)C(=O)c3cc(S(=O)[O-])ccc3N21. The van der Waals surface area contributed by atoms with Gasteiger partial charge in [-0.05, 0) is 35.7 Å². The molecule has 1 unspecified atom stereocenters. The standard InChI is InChI=1S/C13H15N3O3S.C2H6/c1-3-8-7-14-13-15(2)12(17)10-6-9(20(18)19)4-5-11(10)16(8)13;1-2/h4-6,8H,3,7H2,1-2H3,(H,18,19);1-2H3/p-1/t8-;/m1./s1. The van der Waals surface area contributed by atoms with Gasteiger partial charge < -0.3 is 9.45 Å². The zero-order valence-electron chi connectivity index (χ0n) is 13.2. The summed E-state index contributed by atoms with van der Waals surface area (Å²) >= 11 is -2.34. The molecule has 0 fully saturated rings. The molecule has 3 rings (SSSR count). The molecule has 0 radical (unpaired) electrons. The largest absolute Gasteiger partial charge is 0.768 e. The van der Waals surface area contributed by atoms with Crippen LogP contribution in [-0.4, -0.2) is 45.2 Å². The van der Waals surface area contributed by atoms with Gasteiger partial charge in [0.1, 0.15) is 0 Å². The summed E-state index contributed by atoms with van der Waals surface area (Å²) in [6, 6.07) is 4.85. The van der Waals surface area contributed by atoms with E-state index >= 15 is 0 Å². The van der Waals surface area contributed by atoms with E-state index in [1.54, 1.807) is 13.1 Å². The Kier molecular flexibility index (Phi) is 4.97. The third kappa shape index (κ3) is 2.55. The number of benzene rings is 1. The number of nitrogens with zero attached hydrogens (tertiary/aromatic N) is 3. The Balaban J connectivity index is 0.000000847. The number of guanidine groups is 1. The van der Waals surface area contributed by atoms with Crippen molar-refractivity contribution in [2.24, 2.45) is 4.99 Å². The van der Waals surface area contributed by atoms with Gasteiger partial charge in [-0.2, -0.15) is 0 Å². The van der Waals surface area contributed by atoms with Gasteiger partial charge in [0.15, 0.2) is 0 Å². The van der Waals surface area contributed by atoms with E-state index in [9.17, 15) is 13.6 Å². The Hall–Kier alpha value is -1.73. The second-order valence-corrected chi connectivity index (χ2v) is 5.79. The van der Waals surface area contributed by atoms with E-state index in [-0.39, 0.29) is 16.8 Å². The van der Waals surface area contributed by atoms with Crippen LogP contribution in [0.15, 0.2) is 28.1 Å². The maximum Gasteiger partial charge on any atom is 0.262 e. The molecule has 6 nitrogen and oxygen atoms in total. The number of carbonyl (C=O) groups is 1. The molecule has 0 aromatic heterocycles. The number of anilines is 1. The van der Waals surface area contributed by atoms with E-state index in [1.165, 1.54) is 17.0 Å². The topological polar surface area (TPSA) is 76.0 Å². The van der Waals surface area contributed by atoms with Gasteiger partial charge >= 0.3 is 0 Å². The Morgan fingerprint density at radius 2 is 2.09 bits per heavy atom. The van der Waals surface area contributed by atoms with Gasteiger partial charge in [0.2, 0.25) is 5.96 Å². The fourth-order valence-corrected chi connectivity index (χ4v) is 3.06. The van der Waals surface area contributed by atoms with E-state index in [0.29, 0.717) is 18.1 Å². The van der Waals surface area contributed by atoms with Crippen LogP contribution >= 0.6 is 0 Å². The summed E-state index contributed by atoms with van der Waals surface area (Å²) in [6.07, 6.45) is 0.906. The third-order valence-electron chi connectivity index (χ3n) is 3.75. The Bertz CT molecular complexity index is 645. The first-order valence-electron chi connectivity index (χ1n) is 7.39. The summed E-state index contributed by atoms with van der Waals surface area (Å²) in [5.74, 6) is 0.421. The molecule has 0 saturated carbocycles. The number of hydrogen-bond acceptors (Lipinski definition) is 5. The number of hydrogen-bond donors (Lipinski definition) is 0. The molecule has 0 aliphatic carbocycles. The first-order chi connectivity index (χ1) is 10.5. The van der Waals surface area contributed by atoms with Crippen molar-refractivity contribution in [3.8, 4) is 0 Å². The summed E-state index contributed by atoms with van der Waals surface area (Å²) in [7, 11) is 1.66. The molecule has 2 aliphatic heterocycles. The van der Waals surface area contributed by atoms with Crippen LogP contribution in [-0.2, 0) is 11.1 Å². The minimum absolute atomic E-state index is 0.123. The highest BCUT2D eigenvalue weighted by Crippen LogP contribution is 2.34.